The number of rotatable bonds is 6. The summed E-state index contributed by atoms with van der Waals surface area (Å²) < 4.78 is 23.2. The van der Waals surface area contributed by atoms with Gasteiger partial charge in [-0.2, -0.15) is 15.2 Å². The van der Waals surface area contributed by atoms with Crippen LogP contribution in [0.1, 0.15) is 32.8 Å². The van der Waals surface area contributed by atoms with E-state index in [0.29, 0.717) is 11.3 Å². The third-order valence-corrected chi connectivity index (χ3v) is 4.37. The molecule has 0 aliphatic carbocycles. The average Bonchev–Trinajstić information content (AvgIpc) is 3.26. The van der Waals surface area contributed by atoms with Gasteiger partial charge >= 0.3 is 17.9 Å². The van der Waals surface area contributed by atoms with E-state index >= 15 is 0 Å². The number of nitrogens with zero attached hydrogens (tertiary/aromatic N) is 5. The molecule has 0 radical (unpaired) electrons. The van der Waals surface area contributed by atoms with E-state index in [2.05, 4.69) is 20.3 Å². The van der Waals surface area contributed by atoms with E-state index in [1.165, 1.54) is 31.7 Å². The van der Waals surface area contributed by atoms with Crippen LogP contribution in [0.15, 0.2) is 6.33 Å². The van der Waals surface area contributed by atoms with E-state index in [4.69, 9.17) is 18.9 Å². The first-order valence-corrected chi connectivity index (χ1v) is 9.20. The van der Waals surface area contributed by atoms with Gasteiger partial charge in [0.2, 0.25) is 5.82 Å². The van der Waals surface area contributed by atoms with Gasteiger partial charge in [0, 0.05) is 27.8 Å². The maximum absolute atomic E-state index is 11.8. The summed E-state index contributed by atoms with van der Waals surface area (Å²) in [5.74, 6) is -1.64. The highest BCUT2D eigenvalue weighted by atomic mass is 16.7. The Labute approximate surface area is 176 Å². The van der Waals surface area contributed by atoms with Gasteiger partial charge in [0.1, 0.15) is 18.8 Å². The van der Waals surface area contributed by atoms with Gasteiger partial charge in [-0.3, -0.25) is 19.0 Å². The normalized spacial score (nSPS) is 22.5. The zero-order valence-corrected chi connectivity index (χ0v) is 17.2. The van der Waals surface area contributed by atoms with Gasteiger partial charge in [-0.15, -0.1) is 0 Å². The number of nitrogens with one attached hydrogen (secondary N) is 1. The van der Waals surface area contributed by atoms with Gasteiger partial charge in [-0.05, 0) is 0 Å². The molecule has 2 aromatic rings. The molecule has 13 heteroatoms. The molecule has 1 aliphatic heterocycles. The fourth-order valence-electron chi connectivity index (χ4n) is 3.24. The first-order valence-electron chi connectivity index (χ1n) is 9.20. The number of imidazole rings is 1. The Morgan fingerprint density at radius 2 is 1.84 bits per heavy atom. The second-order valence-electron chi connectivity index (χ2n) is 6.60. The van der Waals surface area contributed by atoms with Crippen molar-refractivity contribution in [3.63, 3.8) is 0 Å². The minimum Gasteiger partial charge on any atom is -0.463 e. The van der Waals surface area contributed by atoms with Crippen molar-refractivity contribution in [3.05, 3.63) is 12.2 Å². The lowest BCUT2D eigenvalue weighted by atomic mass is 10.1. The van der Waals surface area contributed by atoms with Crippen LogP contribution in [0.3, 0.4) is 0 Å². The number of aromatic nitrogens is 4. The summed E-state index contributed by atoms with van der Waals surface area (Å²) in [5.41, 5.74) is 0.576. The number of nitriles is 1. The van der Waals surface area contributed by atoms with Crippen molar-refractivity contribution in [3.8, 4) is 6.07 Å². The number of hydrogen-bond acceptors (Lipinski definition) is 12. The van der Waals surface area contributed by atoms with E-state index in [9.17, 15) is 19.6 Å². The van der Waals surface area contributed by atoms with Crippen LogP contribution in [0.4, 0.5) is 5.82 Å². The molecule has 164 valence electrons. The molecule has 1 saturated heterocycles. The van der Waals surface area contributed by atoms with E-state index in [1.807, 2.05) is 6.07 Å². The molecule has 13 nitrogen and oxygen atoms in total. The van der Waals surface area contributed by atoms with Crippen LogP contribution < -0.4 is 5.32 Å². The van der Waals surface area contributed by atoms with Crippen molar-refractivity contribution >= 4 is 34.9 Å². The summed E-state index contributed by atoms with van der Waals surface area (Å²) >= 11 is 0. The fraction of sp³-hybridized carbons (Fsp3) is 0.500. The topological polar surface area (TPSA) is 168 Å². The minimum absolute atomic E-state index is 0.117. The van der Waals surface area contributed by atoms with Gasteiger partial charge in [-0.25, -0.2) is 4.98 Å². The molecule has 0 aromatic carbocycles. The molecule has 1 N–H and O–H groups in total. The molecule has 1 fully saturated rings. The van der Waals surface area contributed by atoms with Crippen molar-refractivity contribution < 1.29 is 33.3 Å². The number of carbonyl (C=O) groups is 3. The van der Waals surface area contributed by atoms with Crippen LogP contribution in [0, 0.1) is 11.3 Å². The lowest BCUT2D eigenvalue weighted by molar-refractivity contribution is -0.166. The van der Waals surface area contributed by atoms with Crippen LogP contribution in [0.25, 0.3) is 11.2 Å². The standard InChI is InChI=1S/C18H20N6O7/c1-8(25)28-6-11-14(29-9(2)26)15(30-10(3)27)18(31-11)24-7-21-13-16(20-4)22-12(5-19)23-17(13)24/h7,11,14-15,18H,6H2,1-4H3,(H,20,22,23)/t11-,14+,15+,18+/m0/s1. The highest BCUT2D eigenvalue weighted by Gasteiger charge is 2.51. The summed E-state index contributed by atoms with van der Waals surface area (Å²) in [4.78, 5) is 47.2. The van der Waals surface area contributed by atoms with Gasteiger partial charge in [0.15, 0.2) is 35.4 Å². The minimum atomic E-state index is -1.10. The average molecular weight is 432 g/mol. The third-order valence-electron chi connectivity index (χ3n) is 4.37. The predicted octanol–water partition coefficient (Wildman–Crippen LogP) is 0.0636. The van der Waals surface area contributed by atoms with Crippen LogP contribution in [-0.4, -0.2) is 69.4 Å². The molecule has 1 aliphatic rings. The highest BCUT2D eigenvalue weighted by Crippen LogP contribution is 2.36. The SMILES string of the molecule is CNc1nc(C#N)nc2c1ncn2[C@@H]1O[C@@H](COC(C)=O)[C@@H](OC(C)=O)[C@H]1OC(C)=O. The second-order valence-corrected chi connectivity index (χ2v) is 6.60. The Morgan fingerprint density at radius 1 is 1.16 bits per heavy atom. The molecular weight excluding hydrogens is 412 g/mol. The summed E-state index contributed by atoms with van der Waals surface area (Å²) in [6.07, 6.45) is -2.76. The number of anilines is 1. The molecule has 4 atom stereocenters. The van der Waals surface area contributed by atoms with Crippen molar-refractivity contribution in [2.24, 2.45) is 0 Å². The summed E-state index contributed by atoms with van der Waals surface area (Å²) in [5, 5.41) is 12.1. The van der Waals surface area contributed by atoms with Crippen molar-refractivity contribution in [1.29, 1.82) is 5.26 Å². The Hall–Kier alpha value is -3.79. The number of hydrogen-bond donors (Lipinski definition) is 1. The van der Waals surface area contributed by atoms with E-state index in [-0.39, 0.29) is 18.1 Å². The molecule has 3 heterocycles. The number of ether oxygens (including phenoxy) is 4. The lowest BCUT2D eigenvalue weighted by Crippen LogP contribution is -2.40. The molecule has 3 rings (SSSR count). The van der Waals surface area contributed by atoms with Gasteiger partial charge in [0.25, 0.3) is 0 Å². The predicted molar refractivity (Wildman–Crippen MR) is 101 cm³/mol. The number of fused-ring (bicyclic) bond motifs is 1. The zero-order valence-electron chi connectivity index (χ0n) is 17.2. The third kappa shape index (κ3) is 4.53. The first-order chi connectivity index (χ1) is 14.7. The Bertz CT molecular complexity index is 1060. The van der Waals surface area contributed by atoms with Gasteiger partial charge < -0.3 is 24.3 Å². The largest absolute Gasteiger partial charge is 0.463 e. The van der Waals surface area contributed by atoms with Gasteiger partial charge in [-0.1, -0.05) is 0 Å². The molecule has 0 amide bonds. The summed E-state index contributed by atoms with van der Waals surface area (Å²) in [6, 6.07) is 1.86. The summed E-state index contributed by atoms with van der Waals surface area (Å²) in [7, 11) is 1.61. The fourth-order valence-corrected chi connectivity index (χ4v) is 3.24. The number of esters is 3. The summed E-state index contributed by atoms with van der Waals surface area (Å²) in [6.45, 7) is 3.37. The molecule has 31 heavy (non-hydrogen) atoms. The molecule has 0 unspecified atom stereocenters. The Morgan fingerprint density at radius 3 is 2.42 bits per heavy atom. The maximum Gasteiger partial charge on any atom is 0.303 e. The molecular formula is C18H20N6O7. The van der Waals surface area contributed by atoms with Crippen molar-refractivity contribution in [1.82, 2.24) is 19.5 Å². The second kappa shape index (κ2) is 8.92. The molecule has 2 aromatic heterocycles. The van der Waals surface area contributed by atoms with E-state index in [0.717, 1.165) is 0 Å². The highest BCUT2D eigenvalue weighted by molar-refractivity contribution is 5.83. The van der Waals surface area contributed by atoms with E-state index < -0.39 is 42.4 Å². The van der Waals surface area contributed by atoms with Crippen LogP contribution >= 0.6 is 0 Å². The molecule has 0 saturated carbocycles. The van der Waals surface area contributed by atoms with Gasteiger partial charge in [0.05, 0.1) is 6.33 Å². The smallest absolute Gasteiger partial charge is 0.303 e. The molecule has 0 spiro atoms. The lowest BCUT2D eigenvalue weighted by Gasteiger charge is -2.23. The van der Waals surface area contributed by atoms with Crippen molar-refractivity contribution in [2.75, 3.05) is 19.0 Å². The van der Waals surface area contributed by atoms with Crippen LogP contribution in [0.5, 0.6) is 0 Å². The van der Waals surface area contributed by atoms with Crippen LogP contribution in [-0.2, 0) is 33.3 Å². The Kier molecular flexibility index (Phi) is 6.30. The van der Waals surface area contributed by atoms with Crippen LogP contribution in [0.2, 0.25) is 0 Å². The number of carbonyl (C=O) groups excluding carboxylic acids is 3. The Balaban J connectivity index is 2.08. The molecule has 0 bridgehead atoms. The quantitative estimate of drug-likeness (QED) is 0.482. The zero-order chi connectivity index (χ0) is 22.7. The van der Waals surface area contributed by atoms with Crippen molar-refractivity contribution in [2.45, 2.75) is 45.3 Å². The monoisotopic (exact) mass is 432 g/mol. The maximum atomic E-state index is 11.8. The first kappa shape index (κ1) is 21.9. The van der Waals surface area contributed by atoms with E-state index in [1.54, 1.807) is 7.05 Å².